The lowest BCUT2D eigenvalue weighted by Gasteiger charge is -2.08. The van der Waals surface area contributed by atoms with Crippen LogP contribution < -0.4 is 15.8 Å². The molecule has 0 amide bonds. The maximum atomic E-state index is 12.2. The van der Waals surface area contributed by atoms with Gasteiger partial charge < -0.3 is 20.5 Å². The molecule has 1 unspecified atom stereocenters. The summed E-state index contributed by atoms with van der Waals surface area (Å²) in [4.78, 5) is 16.3. The van der Waals surface area contributed by atoms with Gasteiger partial charge in [0.15, 0.2) is 0 Å². The van der Waals surface area contributed by atoms with Crippen molar-refractivity contribution in [3.8, 4) is 11.4 Å². The molecular formula is C19H16ClN5O3. The zero-order valence-corrected chi connectivity index (χ0v) is 15.6. The minimum atomic E-state index is -0.503. The summed E-state index contributed by atoms with van der Waals surface area (Å²) in [5.41, 5.74) is 7.70. The second-order valence-corrected chi connectivity index (χ2v) is 6.42. The SMILES string of the molecule is COc1ccc(C2C=C(Nc3nc(N)n(-c4ccc(Cl)cc4)n3)C(=O)O2)cc1. The number of nitrogen functional groups attached to an aromatic ring is 1. The highest BCUT2D eigenvalue weighted by molar-refractivity contribution is 6.30. The van der Waals surface area contributed by atoms with E-state index < -0.39 is 12.1 Å². The number of hydrogen-bond acceptors (Lipinski definition) is 7. The van der Waals surface area contributed by atoms with Crippen LogP contribution in [0.1, 0.15) is 11.7 Å². The molecule has 0 saturated heterocycles. The number of nitrogens with one attached hydrogen (secondary N) is 1. The van der Waals surface area contributed by atoms with E-state index in [9.17, 15) is 4.79 Å². The zero-order valence-electron chi connectivity index (χ0n) is 14.8. The summed E-state index contributed by atoms with van der Waals surface area (Å²) >= 11 is 5.90. The van der Waals surface area contributed by atoms with E-state index in [0.717, 1.165) is 11.3 Å². The van der Waals surface area contributed by atoms with E-state index >= 15 is 0 Å². The van der Waals surface area contributed by atoms with E-state index in [1.807, 2.05) is 12.1 Å². The van der Waals surface area contributed by atoms with Crippen molar-refractivity contribution >= 4 is 29.5 Å². The number of nitrogens with two attached hydrogens (primary N) is 1. The van der Waals surface area contributed by atoms with Crippen LogP contribution in [0.2, 0.25) is 5.02 Å². The summed E-state index contributed by atoms with van der Waals surface area (Å²) in [7, 11) is 1.59. The molecule has 0 radical (unpaired) electrons. The molecule has 0 saturated carbocycles. The standard InChI is InChI=1S/C19H16ClN5O3/c1-27-14-8-2-11(3-9-14)16-10-15(17(26)28-16)22-19-23-18(21)25(24-19)13-6-4-12(20)5-7-13/h2-10,16H,1H3,(H3,21,22,23,24). The molecule has 142 valence electrons. The second-order valence-electron chi connectivity index (χ2n) is 5.99. The Morgan fingerprint density at radius 1 is 1.18 bits per heavy atom. The molecule has 0 bridgehead atoms. The Hall–Kier alpha value is -3.52. The molecule has 4 rings (SSSR count). The van der Waals surface area contributed by atoms with E-state index in [1.165, 1.54) is 4.68 Å². The molecule has 8 nitrogen and oxygen atoms in total. The van der Waals surface area contributed by atoms with Gasteiger partial charge in [0.05, 0.1) is 12.8 Å². The lowest BCUT2D eigenvalue weighted by atomic mass is 10.1. The normalized spacial score (nSPS) is 15.9. The van der Waals surface area contributed by atoms with Crippen molar-refractivity contribution in [3.05, 3.63) is 70.9 Å². The first-order chi connectivity index (χ1) is 13.5. The third kappa shape index (κ3) is 3.49. The minimum Gasteiger partial charge on any atom is -0.497 e. The van der Waals surface area contributed by atoms with Gasteiger partial charge in [-0.15, -0.1) is 5.10 Å². The van der Waals surface area contributed by atoms with Crippen LogP contribution in [0, 0.1) is 0 Å². The number of aromatic nitrogens is 3. The Morgan fingerprint density at radius 2 is 1.89 bits per heavy atom. The highest BCUT2D eigenvalue weighted by atomic mass is 35.5. The minimum absolute atomic E-state index is 0.170. The van der Waals surface area contributed by atoms with Crippen LogP contribution in [0.5, 0.6) is 5.75 Å². The largest absolute Gasteiger partial charge is 0.497 e. The zero-order chi connectivity index (χ0) is 19.7. The van der Waals surface area contributed by atoms with Crippen LogP contribution >= 0.6 is 11.6 Å². The molecule has 28 heavy (non-hydrogen) atoms. The van der Waals surface area contributed by atoms with Gasteiger partial charge in [-0.1, -0.05) is 23.7 Å². The first-order valence-electron chi connectivity index (χ1n) is 8.36. The van der Waals surface area contributed by atoms with Crippen molar-refractivity contribution in [2.24, 2.45) is 0 Å². The molecule has 0 spiro atoms. The number of carbonyl (C=O) groups excluding carboxylic acids is 1. The average molecular weight is 398 g/mol. The third-order valence-corrected chi connectivity index (χ3v) is 4.42. The molecule has 1 aliphatic heterocycles. The highest BCUT2D eigenvalue weighted by Gasteiger charge is 2.28. The highest BCUT2D eigenvalue weighted by Crippen LogP contribution is 2.29. The van der Waals surface area contributed by atoms with E-state index in [1.54, 1.807) is 49.6 Å². The number of carbonyl (C=O) groups is 1. The Labute approximate surface area is 165 Å². The van der Waals surface area contributed by atoms with Gasteiger partial charge in [0.2, 0.25) is 11.9 Å². The fourth-order valence-electron chi connectivity index (χ4n) is 2.75. The van der Waals surface area contributed by atoms with Gasteiger partial charge in [0, 0.05) is 5.02 Å². The van der Waals surface area contributed by atoms with Crippen molar-refractivity contribution in [3.63, 3.8) is 0 Å². The van der Waals surface area contributed by atoms with Crippen molar-refractivity contribution < 1.29 is 14.3 Å². The van der Waals surface area contributed by atoms with Gasteiger partial charge in [-0.25, -0.2) is 4.79 Å². The molecule has 1 atom stereocenters. The number of rotatable bonds is 5. The number of nitrogens with zero attached hydrogens (tertiary/aromatic N) is 3. The monoisotopic (exact) mass is 397 g/mol. The van der Waals surface area contributed by atoms with Crippen LogP contribution in [0.15, 0.2) is 60.3 Å². The molecule has 2 aromatic carbocycles. The van der Waals surface area contributed by atoms with Crippen LogP contribution in [-0.4, -0.2) is 27.8 Å². The summed E-state index contributed by atoms with van der Waals surface area (Å²) in [5, 5.41) is 7.76. The molecule has 1 aromatic heterocycles. The van der Waals surface area contributed by atoms with Crippen LogP contribution in [-0.2, 0) is 9.53 Å². The lowest BCUT2D eigenvalue weighted by molar-refractivity contribution is -0.139. The van der Waals surface area contributed by atoms with E-state index in [0.29, 0.717) is 10.7 Å². The van der Waals surface area contributed by atoms with E-state index in [-0.39, 0.29) is 17.6 Å². The Kier molecular flexibility index (Phi) is 4.62. The summed E-state index contributed by atoms with van der Waals surface area (Å²) < 4.78 is 12.0. The van der Waals surface area contributed by atoms with Gasteiger partial charge in [0.1, 0.15) is 17.6 Å². The lowest BCUT2D eigenvalue weighted by Crippen LogP contribution is -2.10. The van der Waals surface area contributed by atoms with Crippen LogP contribution in [0.3, 0.4) is 0 Å². The first-order valence-corrected chi connectivity index (χ1v) is 8.73. The number of esters is 1. The van der Waals surface area contributed by atoms with E-state index in [2.05, 4.69) is 15.4 Å². The second kappa shape index (κ2) is 7.24. The molecule has 2 heterocycles. The fourth-order valence-corrected chi connectivity index (χ4v) is 2.88. The summed E-state index contributed by atoms with van der Waals surface area (Å²) in [6, 6.07) is 14.3. The summed E-state index contributed by atoms with van der Waals surface area (Å²) in [6.45, 7) is 0. The number of ether oxygens (including phenoxy) is 2. The van der Waals surface area contributed by atoms with Gasteiger partial charge in [-0.2, -0.15) is 9.67 Å². The predicted octanol–water partition coefficient (Wildman–Crippen LogP) is 3.11. The van der Waals surface area contributed by atoms with Crippen molar-refractivity contribution in [1.82, 2.24) is 14.8 Å². The maximum Gasteiger partial charge on any atom is 0.355 e. The smallest absolute Gasteiger partial charge is 0.355 e. The topological polar surface area (TPSA) is 104 Å². The Balaban J connectivity index is 1.54. The first kappa shape index (κ1) is 17.9. The number of halogens is 1. The van der Waals surface area contributed by atoms with Gasteiger partial charge in [-0.05, 0) is 48.0 Å². The molecule has 0 aliphatic carbocycles. The predicted molar refractivity (Wildman–Crippen MR) is 104 cm³/mol. The number of hydrogen-bond donors (Lipinski definition) is 2. The van der Waals surface area contributed by atoms with Crippen molar-refractivity contribution in [2.45, 2.75) is 6.10 Å². The fraction of sp³-hybridized carbons (Fsp3) is 0.105. The molecule has 1 aliphatic rings. The average Bonchev–Trinajstić information content (AvgIpc) is 3.25. The Morgan fingerprint density at radius 3 is 2.57 bits per heavy atom. The molecular weight excluding hydrogens is 382 g/mol. The van der Waals surface area contributed by atoms with Crippen LogP contribution in [0.4, 0.5) is 11.9 Å². The number of methoxy groups -OCH3 is 1. The van der Waals surface area contributed by atoms with Gasteiger partial charge in [-0.3, -0.25) is 0 Å². The van der Waals surface area contributed by atoms with Crippen LogP contribution in [0.25, 0.3) is 5.69 Å². The molecule has 9 heteroatoms. The maximum absolute atomic E-state index is 12.2. The molecule has 0 fully saturated rings. The summed E-state index contributed by atoms with van der Waals surface area (Å²) in [6.07, 6.45) is 1.17. The number of anilines is 2. The Bertz CT molecular complexity index is 1040. The quantitative estimate of drug-likeness (QED) is 0.637. The van der Waals surface area contributed by atoms with E-state index in [4.69, 9.17) is 26.8 Å². The number of cyclic esters (lactones) is 1. The third-order valence-electron chi connectivity index (χ3n) is 4.17. The number of benzene rings is 2. The van der Waals surface area contributed by atoms with Crippen molar-refractivity contribution in [1.29, 1.82) is 0 Å². The van der Waals surface area contributed by atoms with Gasteiger partial charge >= 0.3 is 5.97 Å². The summed E-state index contributed by atoms with van der Waals surface area (Å²) in [5.74, 6) is 0.583. The van der Waals surface area contributed by atoms with Gasteiger partial charge in [0.25, 0.3) is 0 Å². The molecule has 3 aromatic rings. The molecule has 3 N–H and O–H groups in total. The van der Waals surface area contributed by atoms with Crippen molar-refractivity contribution in [2.75, 3.05) is 18.2 Å².